The second-order valence-electron chi connectivity index (χ2n) is 8.02. The number of furan rings is 1. The zero-order chi connectivity index (χ0) is 21.6. The minimum Gasteiger partial charge on any atom is -0.459 e. The van der Waals surface area contributed by atoms with Crippen LogP contribution < -0.4 is 5.32 Å². The third-order valence-electron chi connectivity index (χ3n) is 5.78. The van der Waals surface area contributed by atoms with Crippen molar-refractivity contribution >= 4 is 46.8 Å². The summed E-state index contributed by atoms with van der Waals surface area (Å²) in [6.45, 7) is 2.86. The number of para-hydroxylation sites is 1. The van der Waals surface area contributed by atoms with Crippen molar-refractivity contribution in [3.63, 3.8) is 0 Å². The number of amides is 1. The van der Waals surface area contributed by atoms with Crippen LogP contribution in [-0.2, 0) is 24.3 Å². The molecule has 2 aromatic carbocycles. The summed E-state index contributed by atoms with van der Waals surface area (Å²) >= 11 is 0. The lowest BCUT2D eigenvalue weighted by atomic mass is 9.99. The predicted molar refractivity (Wildman–Crippen MR) is 139 cm³/mol. The number of nitrogens with one attached hydrogen (secondary N) is 1. The Morgan fingerprint density at radius 2 is 1.91 bits per heavy atom. The van der Waals surface area contributed by atoms with Crippen molar-refractivity contribution in [1.82, 2.24) is 15.1 Å². The van der Waals surface area contributed by atoms with E-state index >= 15 is 0 Å². The monoisotopic (exact) mass is 546 g/mol. The zero-order valence-corrected chi connectivity index (χ0v) is 21.0. The predicted octanol–water partition coefficient (Wildman–Crippen LogP) is 4.42. The van der Waals surface area contributed by atoms with Gasteiger partial charge in [-0.3, -0.25) is 9.79 Å². The number of nitrogens with zero attached hydrogens (tertiary/aromatic N) is 3. The molecule has 7 heteroatoms. The fourth-order valence-electron chi connectivity index (χ4n) is 4.11. The van der Waals surface area contributed by atoms with E-state index in [0.717, 1.165) is 48.6 Å². The van der Waals surface area contributed by atoms with Crippen LogP contribution >= 0.6 is 24.0 Å². The Kier molecular flexibility index (Phi) is 8.55. The van der Waals surface area contributed by atoms with Crippen LogP contribution in [0.1, 0.15) is 29.7 Å². The lowest BCUT2D eigenvalue weighted by Crippen LogP contribution is -2.39. The lowest BCUT2D eigenvalue weighted by molar-refractivity contribution is -0.132. The van der Waals surface area contributed by atoms with Crippen LogP contribution in [0.25, 0.3) is 11.0 Å². The van der Waals surface area contributed by atoms with Gasteiger partial charge in [-0.2, -0.15) is 0 Å². The van der Waals surface area contributed by atoms with Gasteiger partial charge < -0.3 is 19.5 Å². The van der Waals surface area contributed by atoms with Gasteiger partial charge in [0.1, 0.15) is 11.3 Å². The van der Waals surface area contributed by atoms with Crippen molar-refractivity contribution in [2.45, 2.75) is 32.4 Å². The standard InChI is InChI=1S/C25H30N4O2.HI/c1-26-25(28(2)18-22-16-20-9-5-6-11-23(20)31-22)27-14-7-12-24(30)29-15-13-19-8-3-4-10-21(19)17-29;/h3-6,8-11,16H,7,12-15,17-18H2,1-2H3,(H,26,27);1H. The second-order valence-corrected chi connectivity index (χ2v) is 8.02. The number of halogens is 1. The van der Waals surface area contributed by atoms with Gasteiger partial charge in [0.15, 0.2) is 5.96 Å². The Hall–Kier alpha value is -2.55. The molecule has 2 heterocycles. The summed E-state index contributed by atoms with van der Waals surface area (Å²) in [5.74, 6) is 1.91. The Morgan fingerprint density at radius 1 is 1.16 bits per heavy atom. The molecule has 0 atom stereocenters. The summed E-state index contributed by atoms with van der Waals surface area (Å²) < 4.78 is 5.91. The van der Waals surface area contributed by atoms with E-state index in [0.29, 0.717) is 19.5 Å². The van der Waals surface area contributed by atoms with Crippen molar-refractivity contribution in [2.75, 3.05) is 27.2 Å². The lowest BCUT2D eigenvalue weighted by Gasteiger charge is -2.29. The molecule has 4 rings (SSSR count). The average Bonchev–Trinajstić information content (AvgIpc) is 3.20. The molecule has 1 aliphatic heterocycles. The smallest absolute Gasteiger partial charge is 0.222 e. The van der Waals surface area contributed by atoms with E-state index in [9.17, 15) is 4.79 Å². The van der Waals surface area contributed by atoms with E-state index in [1.165, 1.54) is 11.1 Å². The second kappa shape index (κ2) is 11.4. The molecular formula is C25H31IN4O2. The molecule has 0 spiro atoms. The third kappa shape index (κ3) is 5.82. The van der Waals surface area contributed by atoms with Gasteiger partial charge in [-0.1, -0.05) is 42.5 Å². The highest BCUT2D eigenvalue weighted by molar-refractivity contribution is 14.0. The summed E-state index contributed by atoms with van der Waals surface area (Å²) in [5, 5.41) is 4.46. The van der Waals surface area contributed by atoms with Crippen molar-refractivity contribution in [3.8, 4) is 0 Å². The highest BCUT2D eigenvalue weighted by atomic mass is 127. The van der Waals surface area contributed by atoms with E-state index in [2.05, 4.69) is 34.6 Å². The van der Waals surface area contributed by atoms with Gasteiger partial charge >= 0.3 is 0 Å². The Balaban J connectivity index is 0.00000289. The third-order valence-corrected chi connectivity index (χ3v) is 5.78. The molecule has 0 bridgehead atoms. The molecule has 0 saturated heterocycles. The molecule has 1 amide bonds. The molecule has 0 radical (unpaired) electrons. The maximum absolute atomic E-state index is 12.6. The van der Waals surface area contributed by atoms with Crippen LogP contribution in [0.5, 0.6) is 0 Å². The zero-order valence-electron chi connectivity index (χ0n) is 18.7. The van der Waals surface area contributed by atoms with E-state index in [-0.39, 0.29) is 29.9 Å². The van der Waals surface area contributed by atoms with Crippen LogP contribution in [0.3, 0.4) is 0 Å². The molecule has 6 nitrogen and oxygen atoms in total. The number of benzene rings is 2. The minimum absolute atomic E-state index is 0. The quantitative estimate of drug-likeness (QED) is 0.215. The normalized spacial score (nSPS) is 13.4. The van der Waals surface area contributed by atoms with Crippen LogP contribution in [0.15, 0.2) is 64.0 Å². The first kappa shape index (κ1) is 24.1. The SMILES string of the molecule is CN=C(NCCCC(=O)N1CCc2ccccc2C1)N(C)Cc1cc2ccccc2o1.I. The summed E-state index contributed by atoms with van der Waals surface area (Å²) in [5.41, 5.74) is 3.53. The number of hydrogen-bond acceptors (Lipinski definition) is 3. The van der Waals surface area contributed by atoms with Crippen molar-refractivity contribution in [1.29, 1.82) is 0 Å². The highest BCUT2D eigenvalue weighted by Crippen LogP contribution is 2.20. The van der Waals surface area contributed by atoms with Gasteiger partial charge in [0.2, 0.25) is 5.91 Å². The number of carbonyl (C=O) groups excluding carboxylic acids is 1. The maximum Gasteiger partial charge on any atom is 0.222 e. The molecule has 1 aromatic heterocycles. The molecule has 0 unspecified atom stereocenters. The van der Waals surface area contributed by atoms with Crippen molar-refractivity contribution < 1.29 is 9.21 Å². The van der Waals surface area contributed by atoms with E-state index in [1.807, 2.05) is 47.2 Å². The number of aliphatic imine (C=N–C) groups is 1. The van der Waals surface area contributed by atoms with E-state index < -0.39 is 0 Å². The summed E-state index contributed by atoms with van der Waals surface area (Å²) in [6.07, 6.45) is 2.26. The molecule has 1 N–H and O–H groups in total. The molecular weight excluding hydrogens is 515 g/mol. The Morgan fingerprint density at radius 3 is 2.69 bits per heavy atom. The molecule has 1 aliphatic rings. The van der Waals surface area contributed by atoms with Crippen LogP contribution in [-0.4, -0.2) is 48.9 Å². The number of rotatable bonds is 6. The van der Waals surface area contributed by atoms with E-state index in [1.54, 1.807) is 7.05 Å². The topological polar surface area (TPSA) is 61.1 Å². The largest absolute Gasteiger partial charge is 0.459 e. The van der Waals surface area contributed by atoms with Crippen molar-refractivity contribution in [2.24, 2.45) is 4.99 Å². The summed E-state index contributed by atoms with van der Waals surface area (Å²) in [4.78, 5) is 21.0. The minimum atomic E-state index is 0. The van der Waals surface area contributed by atoms with Gasteiger partial charge in [0.05, 0.1) is 6.54 Å². The highest BCUT2D eigenvalue weighted by Gasteiger charge is 2.20. The number of fused-ring (bicyclic) bond motifs is 2. The number of hydrogen-bond donors (Lipinski definition) is 1. The first-order valence-corrected chi connectivity index (χ1v) is 10.9. The summed E-state index contributed by atoms with van der Waals surface area (Å²) in [7, 11) is 3.76. The maximum atomic E-state index is 12.6. The fourth-order valence-corrected chi connectivity index (χ4v) is 4.11. The van der Waals surface area contributed by atoms with Crippen LogP contribution in [0.2, 0.25) is 0 Å². The first-order valence-electron chi connectivity index (χ1n) is 10.9. The van der Waals surface area contributed by atoms with Crippen LogP contribution in [0.4, 0.5) is 0 Å². The molecule has 0 fully saturated rings. The Labute approximate surface area is 206 Å². The average molecular weight is 546 g/mol. The van der Waals surface area contributed by atoms with Gasteiger partial charge in [-0.05, 0) is 36.1 Å². The molecule has 32 heavy (non-hydrogen) atoms. The fraction of sp³-hybridized carbons (Fsp3) is 0.360. The van der Waals surface area contributed by atoms with Gasteiger partial charge in [0, 0.05) is 45.5 Å². The van der Waals surface area contributed by atoms with Gasteiger partial charge in [0.25, 0.3) is 0 Å². The van der Waals surface area contributed by atoms with Gasteiger partial charge in [-0.25, -0.2) is 0 Å². The number of guanidine groups is 1. The van der Waals surface area contributed by atoms with Gasteiger partial charge in [-0.15, -0.1) is 24.0 Å². The van der Waals surface area contributed by atoms with Crippen LogP contribution in [0, 0.1) is 0 Å². The van der Waals surface area contributed by atoms with Crippen molar-refractivity contribution in [3.05, 3.63) is 71.5 Å². The molecule has 0 aliphatic carbocycles. The molecule has 0 saturated carbocycles. The Bertz CT molecular complexity index is 1050. The molecule has 170 valence electrons. The van der Waals surface area contributed by atoms with E-state index in [4.69, 9.17) is 4.42 Å². The number of carbonyl (C=O) groups is 1. The summed E-state index contributed by atoms with van der Waals surface area (Å²) in [6, 6.07) is 18.5. The first-order chi connectivity index (χ1) is 15.1. The molecule has 3 aromatic rings.